The Morgan fingerprint density at radius 3 is 2.79 bits per heavy atom. The quantitative estimate of drug-likeness (QED) is 0.599. The lowest BCUT2D eigenvalue weighted by Gasteiger charge is -2.16. The second-order valence-corrected chi connectivity index (χ2v) is 3.95. The third-order valence-corrected chi connectivity index (χ3v) is 2.60. The summed E-state index contributed by atoms with van der Waals surface area (Å²) < 4.78 is 0. The molecule has 0 saturated heterocycles. The van der Waals surface area contributed by atoms with Crippen LogP contribution in [-0.2, 0) is 4.79 Å². The van der Waals surface area contributed by atoms with E-state index in [2.05, 4.69) is 5.32 Å². The van der Waals surface area contributed by atoms with Gasteiger partial charge in [-0.15, -0.1) is 0 Å². The van der Waals surface area contributed by atoms with Crippen LogP contribution in [0.25, 0.3) is 0 Å². The van der Waals surface area contributed by atoms with Crippen LogP contribution in [0.5, 0.6) is 0 Å². The fraction of sp³-hybridized carbons (Fsp3) is 0.333. The number of carbonyl (C=O) groups is 1. The lowest BCUT2D eigenvalue weighted by atomic mass is 10.1. The fourth-order valence-electron chi connectivity index (χ4n) is 1.61. The first-order chi connectivity index (χ1) is 8.97. The second kappa shape index (κ2) is 6.35. The van der Waals surface area contributed by atoms with E-state index < -0.39 is 10.9 Å². The van der Waals surface area contributed by atoms with Gasteiger partial charge >= 0.3 is 5.97 Å². The number of hydrogen-bond acceptors (Lipinski definition) is 5. The Hall–Kier alpha value is -2.62. The van der Waals surface area contributed by atoms with Crippen LogP contribution in [0, 0.1) is 21.4 Å². The lowest BCUT2D eigenvalue weighted by molar-refractivity contribution is -0.385. The van der Waals surface area contributed by atoms with Gasteiger partial charge in [0.1, 0.15) is 11.6 Å². The molecular weight excluding hydrogens is 250 g/mol. The first kappa shape index (κ1) is 14.4. The van der Waals surface area contributed by atoms with Crippen LogP contribution in [-0.4, -0.2) is 22.0 Å². The summed E-state index contributed by atoms with van der Waals surface area (Å²) in [5.74, 6) is -0.942. The fourth-order valence-corrected chi connectivity index (χ4v) is 1.61. The van der Waals surface area contributed by atoms with E-state index in [1.54, 1.807) is 6.07 Å². The Kier molecular flexibility index (Phi) is 4.83. The average molecular weight is 263 g/mol. The predicted molar refractivity (Wildman–Crippen MR) is 67.8 cm³/mol. The maximum atomic E-state index is 10.8. The molecule has 100 valence electrons. The highest BCUT2D eigenvalue weighted by Crippen LogP contribution is 2.23. The zero-order valence-electron chi connectivity index (χ0n) is 10.3. The van der Waals surface area contributed by atoms with Crippen molar-refractivity contribution in [1.29, 1.82) is 5.26 Å². The van der Waals surface area contributed by atoms with Gasteiger partial charge in [0.05, 0.1) is 11.3 Å². The zero-order chi connectivity index (χ0) is 14.4. The molecule has 1 atom stereocenters. The molecule has 0 saturated carbocycles. The number of anilines is 1. The van der Waals surface area contributed by atoms with Gasteiger partial charge in [0.25, 0.3) is 5.69 Å². The van der Waals surface area contributed by atoms with Crippen LogP contribution in [0.2, 0.25) is 0 Å². The van der Waals surface area contributed by atoms with Crippen molar-refractivity contribution < 1.29 is 14.8 Å². The normalized spacial score (nSPS) is 11.4. The molecule has 0 fully saturated rings. The molecule has 1 aromatic rings. The van der Waals surface area contributed by atoms with Crippen LogP contribution in [0.3, 0.4) is 0 Å². The van der Waals surface area contributed by atoms with Crippen molar-refractivity contribution in [3.8, 4) is 6.07 Å². The van der Waals surface area contributed by atoms with Crippen LogP contribution >= 0.6 is 0 Å². The summed E-state index contributed by atoms with van der Waals surface area (Å²) in [6, 6.07) is 5.53. The summed E-state index contributed by atoms with van der Waals surface area (Å²) >= 11 is 0. The second-order valence-electron chi connectivity index (χ2n) is 3.95. The minimum atomic E-state index is -0.942. The number of nitro groups is 1. The molecule has 0 aromatic heterocycles. The first-order valence-electron chi connectivity index (χ1n) is 5.64. The third kappa shape index (κ3) is 3.96. The van der Waals surface area contributed by atoms with E-state index in [0.717, 1.165) is 0 Å². The molecule has 1 rings (SSSR count). The van der Waals surface area contributed by atoms with E-state index in [-0.39, 0.29) is 23.7 Å². The number of aliphatic carboxylic acids is 1. The molecule has 7 nitrogen and oxygen atoms in total. The lowest BCUT2D eigenvalue weighted by Crippen LogP contribution is -2.22. The Morgan fingerprint density at radius 2 is 2.32 bits per heavy atom. The molecule has 0 aliphatic heterocycles. The monoisotopic (exact) mass is 263 g/mol. The minimum Gasteiger partial charge on any atom is -0.481 e. The summed E-state index contributed by atoms with van der Waals surface area (Å²) in [7, 11) is 0. The van der Waals surface area contributed by atoms with Crippen molar-refractivity contribution in [3.63, 3.8) is 0 Å². The summed E-state index contributed by atoms with van der Waals surface area (Å²) in [5, 5.41) is 31.2. The predicted octanol–water partition coefficient (Wildman–Crippen LogP) is 2.13. The highest BCUT2D eigenvalue weighted by molar-refractivity contribution is 5.68. The first-order valence-corrected chi connectivity index (χ1v) is 5.64. The van der Waals surface area contributed by atoms with Gasteiger partial charge in [-0.25, -0.2) is 0 Å². The largest absolute Gasteiger partial charge is 0.481 e. The van der Waals surface area contributed by atoms with E-state index >= 15 is 0 Å². The van der Waals surface area contributed by atoms with Gasteiger partial charge < -0.3 is 10.4 Å². The number of carboxylic acid groups (broad SMARTS) is 1. The highest BCUT2D eigenvalue weighted by Gasteiger charge is 2.16. The molecule has 0 heterocycles. The van der Waals surface area contributed by atoms with Crippen molar-refractivity contribution >= 4 is 17.3 Å². The highest BCUT2D eigenvalue weighted by atomic mass is 16.6. The summed E-state index contributed by atoms with van der Waals surface area (Å²) in [4.78, 5) is 20.8. The topological polar surface area (TPSA) is 116 Å². The number of nitrogens with one attached hydrogen (secondary N) is 1. The van der Waals surface area contributed by atoms with Gasteiger partial charge in [-0.05, 0) is 18.6 Å². The van der Waals surface area contributed by atoms with Gasteiger partial charge in [0, 0.05) is 17.8 Å². The number of rotatable bonds is 6. The van der Waals surface area contributed by atoms with Crippen molar-refractivity contribution in [3.05, 3.63) is 33.9 Å². The molecule has 0 amide bonds. The van der Waals surface area contributed by atoms with Crippen molar-refractivity contribution in [2.75, 3.05) is 5.32 Å². The zero-order valence-corrected chi connectivity index (χ0v) is 10.3. The standard InChI is InChI=1S/C12H13N3O4/c1-2-9(6-12(16)17)14-10-4-3-8(7-13)11(5-10)15(18)19/h3-5,9,14H,2,6H2,1H3,(H,16,17). The Labute approximate surface area is 109 Å². The van der Waals surface area contributed by atoms with Gasteiger partial charge in [0.15, 0.2) is 0 Å². The van der Waals surface area contributed by atoms with E-state index in [4.69, 9.17) is 10.4 Å². The molecule has 2 N–H and O–H groups in total. The van der Waals surface area contributed by atoms with Gasteiger partial charge in [-0.1, -0.05) is 6.92 Å². The summed E-state index contributed by atoms with van der Waals surface area (Å²) in [6.07, 6.45) is 0.490. The third-order valence-electron chi connectivity index (χ3n) is 2.60. The number of benzene rings is 1. The maximum Gasteiger partial charge on any atom is 0.305 e. The van der Waals surface area contributed by atoms with Crippen LogP contribution in [0.4, 0.5) is 11.4 Å². The number of hydrogen-bond donors (Lipinski definition) is 2. The smallest absolute Gasteiger partial charge is 0.305 e. The van der Waals surface area contributed by atoms with Gasteiger partial charge in [0.2, 0.25) is 0 Å². The molecule has 0 radical (unpaired) electrons. The van der Waals surface area contributed by atoms with Crippen molar-refractivity contribution in [2.24, 2.45) is 0 Å². The van der Waals surface area contributed by atoms with Crippen molar-refractivity contribution in [2.45, 2.75) is 25.8 Å². The molecule has 7 heteroatoms. The summed E-state index contributed by atoms with van der Waals surface area (Å²) in [5.41, 5.74) is 0.110. The molecule has 0 spiro atoms. The molecule has 1 unspecified atom stereocenters. The summed E-state index contributed by atoms with van der Waals surface area (Å²) in [6.45, 7) is 1.82. The SMILES string of the molecule is CCC(CC(=O)O)Nc1ccc(C#N)c([N+](=O)[O-])c1. The molecule has 0 aliphatic rings. The Balaban J connectivity index is 2.96. The molecule has 19 heavy (non-hydrogen) atoms. The van der Waals surface area contributed by atoms with E-state index in [0.29, 0.717) is 12.1 Å². The van der Waals surface area contributed by atoms with Crippen LogP contribution < -0.4 is 5.32 Å². The van der Waals surface area contributed by atoms with Crippen LogP contribution in [0.1, 0.15) is 25.3 Å². The number of nitrogens with zero attached hydrogens (tertiary/aromatic N) is 2. The average Bonchev–Trinajstić information content (AvgIpc) is 2.37. The molecule has 0 bridgehead atoms. The van der Waals surface area contributed by atoms with Gasteiger partial charge in [-0.2, -0.15) is 5.26 Å². The Bertz CT molecular complexity index is 536. The Morgan fingerprint density at radius 1 is 1.63 bits per heavy atom. The molecule has 0 aliphatic carbocycles. The number of nitriles is 1. The van der Waals surface area contributed by atoms with Crippen LogP contribution in [0.15, 0.2) is 18.2 Å². The van der Waals surface area contributed by atoms with Crippen molar-refractivity contribution in [1.82, 2.24) is 0 Å². The van der Waals surface area contributed by atoms with E-state index in [1.807, 2.05) is 6.92 Å². The maximum absolute atomic E-state index is 10.8. The molecular formula is C12H13N3O4. The van der Waals surface area contributed by atoms with E-state index in [9.17, 15) is 14.9 Å². The van der Waals surface area contributed by atoms with E-state index in [1.165, 1.54) is 18.2 Å². The van der Waals surface area contributed by atoms with Gasteiger partial charge in [-0.3, -0.25) is 14.9 Å². The minimum absolute atomic E-state index is 0.0261. The number of nitro benzene ring substituents is 1. The number of carboxylic acids is 1. The molecule has 1 aromatic carbocycles.